The van der Waals surface area contributed by atoms with Gasteiger partial charge in [0.05, 0.1) is 6.54 Å². The number of anilines is 1. The zero-order valence-electron chi connectivity index (χ0n) is 10.3. The van der Waals surface area contributed by atoms with Gasteiger partial charge in [-0.3, -0.25) is 4.68 Å². The lowest BCUT2D eigenvalue weighted by molar-refractivity contribution is 0.133. The number of rotatable bonds is 3. The number of nitrogens with zero attached hydrogens (tertiary/aromatic N) is 3. The summed E-state index contributed by atoms with van der Waals surface area (Å²) in [6.45, 7) is 9.18. The first-order chi connectivity index (χ1) is 7.65. The Morgan fingerprint density at radius 1 is 1.38 bits per heavy atom. The van der Waals surface area contributed by atoms with Gasteiger partial charge in [-0.15, -0.1) is 0 Å². The third kappa shape index (κ3) is 2.76. The summed E-state index contributed by atoms with van der Waals surface area (Å²) in [4.78, 5) is 2.53. The van der Waals surface area contributed by atoms with Crippen LogP contribution in [0.2, 0.25) is 0 Å². The Bertz CT molecular complexity index is 334. The quantitative estimate of drug-likeness (QED) is 0.842. The van der Waals surface area contributed by atoms with Crippen LogP contribution in [-0.4, -0.2) is 34.3 Å². The Morgan fingerprint density at radius 2 is 2.19 bits per heavy atom. The summed E-state index contributed by atoms with van der Waals surface area (Å²) >= 11 is 0. The van der Waals surface area contributed by atoms with E-state index in [9.17, 15) is 0 Å². The predicted molar refractivity (Wildman–Crippen MR) is 66.0 cm³/mol. The van der Waals surface area contributed by atoms with Crippen LogP contribution < -0.4 is 5.73 Å². The zero-order valence-corrected chi connectivity index (χ0v) is 10.3. The van der Waals surface area contributed by atoms with Gasteiger partial charge in [0, 0.05) is 19.3 Å². The zero-order chi connectivity index (χ0) is 11.5. The molecule has 0 spiro atoms. The summed E-state index contributed by atoms with van der Waals surface area (Å²) in [7, 11) is 0. The summed E-state index contributed by atoms with van der Waals surface area (Å²) in [5, 5.41) is 4.20. The number of nitrogen functional groups attached to an aromatic ring is 1. The minimum absolute atomic E-state index is 0.612. The fourth-order valence-corrected chi connectivity index (χ4v) is 2.30. The third-order valence-electron chi connectivity index (χ3n) is 3.72. The van der Waals surface area contributed by atoms with Gasteiger partial charge in [0.1, 0.15) is 5.82 Å². The third-order valence-corrected chi connectivity index (χ3v) is 3.72. The maximum atomic E-state index is 5.58. The van der Waals surface area contributed by atoms with Gasteiger partial charge in [-0.1, -0.05) is 13.8 Å². The second-order valence-corrected chi connectivity index (χ2v) is 5.05. The van der Waals surface area contributed by atoms with Crippen LogP contribution in [0, 0.1) is 11.8 Å². The number of hydrogen-bond acceptors (Lipinski definition) is 3. The second kappa shape index (κ2) is 4.87. The number of piperidine rings is 1. The highest BCUT2D eigenvalue weighted by molar-refractivity contribution is 5.23. The number of aromatic nitrogens is 2. The van der Waals surface area contributed by atoms with Gasteiger partial charge in [0.2, 0.25) is 0 Å². The van der Waals surface area contributed by atoms with Gasteiger partial charge in [-0.2, -0.15) is 5.10 Å². The maximum Gasteiger partial charge on any atom is 0.145 e. The van der Waals surface area contributed by atoms with Crippen LogP contribution in [-0.2, 0) is 6.54 Å². The molecule has 4 heteroatoms. The molecule has 0 saturated carbocycles. The molecule has 90 valence electrons. The van der Waals surface area contributed by atoms with Crippen molar-refractivity contribution < 1.29 is 0 Å². The predicted octanol–water partition coefficient (Wildman–Crippen LogP) is 1.44. The molecule has 1 saturated heterocycles. The normalized spacial score (nSPS) is 27.1. The van der Waals surface area contributed by atoms with E-state index in [0.717, 1.165) is 24.9 Å². The molecule has 0 amide bonds. The molecule has 2 atom stereocenters. The van der Waals surface area contributed by atoms with E-state index < -0.39 is 0 Å². The largest absolute Gasteiger partial charge is 0.382 e. The molecular weight excluding hydrogens is 200 g/mol. The van der Waals surface area contributed by atoms with Crippen molar-refractivity contribution in [1.82, 2.24) is 14.7 Å². The van der Waals surface area contributed by atoms with E-state index in [2.05, 4.69) is 23.8 Å². The lowest BCUT2D eigenvalue weighted by atomic mass is 9.89. The van der Waals surface area contributed by atoms with Crippen molar-refractivity contribution in [2.24, 2.45) is 11.8 Å². The SMILES string of the molecule is CC1CCN(CCn2ccc(N)n2)CC1C. The van der Waals surface area contributed by atoms with Crippen molar-refractivity contribution in [2.45, 2.75) is 26.8 Å². The molecule has 1 aromatic rings. The van der Waals surface area contributed by atoms with Gasteiger partial charge in [-0.05, 0) is 30.9 Å². The Hall–Kier alpha value is -1.03. The Labute approximate surface area is 97.4 Å². The van der Waals surface area contributed by atoms with E-state index in [0.29, 0.717) is 5.82 Å². The van der Waals surface area contributed by atoms with Gasteiger partial charge in [0.15, 0.2) is 0 Å². The molecule has 0 aliphatic carbocycles. The first-order valence-corrected chi connectivity index (χ1v) is 6.16. The van der Waals surface area contributed by atoms with Crippen molar-refractivity contribution in [2.75, 3.05) is 25.4 Å². The summed E-state index contributed by atoms with van der Waals surface area (Å²) in [5.41, 5.74) is 5.58. The van der Waals surface area contributed by atoms with Crippen LogP contribution >= 0.6 is 0 Å². The van der Waals surface area contributed by atoms with Gasteiger partial charge in [0.25, 0.3) is 0 Å². The average Bonchev–Trinajstić information content (AvgIpc) is 2.66. The molecular formula is C12H22N4. The fourth-order valence-electron chi connectivity index (χ4n) is 2.30. The van der Waals surface area contributed by atoms with Gasteiger partial charge >= 0.3 is 0 Å². The standard InChI is InChI=1S/C12H22N4/c1-10-3-5-15(9-11(10)2)7-8-16-6-4-12(13)14-16/h4,6,10-11H,3,5,7-9H2,1-2H3,(H2,13,14). The molecule has 2 heterocycles. The highest BCUT2D eigenvalue weighted by Gasteiger charge is 2.22. The molecule has 0 aromatic carbocycles. The molecule has 0 radical (unpaired) electrons. The van der Waals surface area contributed by atoms with Crippen LogP contribution in [0.1, 0.15) is 20.3 Å². The molecule has 1 fully saturated rings. The smallest absolute Gasteiger partial charge is 0.145 e. The molecule has 2 N–H and O–H groups in total. The van der Waals surface area contributed by atoms with Crippen molar-refractivity contribution >= 4 is 5.82 Å². The van der Waals surface area contributed by atoms with E-state index in [1.54, 1.807) is 0 Å². The van der Waals surface area contributed by atoms with E-state index in [4.69, 9.17) is 5.73 Å². The number of likely N-dealkylation sites (tertiary alicyclic amines) is 1. The van der Waals surface area contributed by atoms with E-state index >= 15 is 0 Å². The molecule has 2 unspecified atom stereocenters. The topological polar surface area (TPSA) is 47.1 Å². The maximum absolute atomic E-state index is 5.58. The monoisotopic (exact) mass is 222 g/mol. The molecule has 0 bridgehead atoms. The first kappa shape index (κ1) is 11.5. The van der Waals surface area contributed by atoms with Gasteiger partial charge in [-0.25, -0.2) is 0 Å². The highest BCUT2D eigenvalue weighted by Crippen LogP contribution is 2.22. The molecule has 2 rings (SSSR count). The average molecular weight is 222 g/mol. The highest BCUT2D eigenvalue weighted by atomic mass is 15.3. The number of nitrogens with two attached hydrogens (primary N) is 1. The molecule has 16 heavy (non-hydrogen) atoms. The fraction of sp³-hybridized carbons (Fsp3) is 0.750. The molecule has 4 nitrogen and oxygen atoms in total. The Balaban J connectivity index is 1.78. The molecule has 1 aromatic heterocycles. The van der Waals surface area contributed by atoms with Crippen LogP contribution in [0.15, 0.2) is 12.3 Å². The first-order valence-electron chi connectivity index (χ1n) is 6.16. The summed E-state index contributed by atoms with van der Waals surface area (Å²) in [6.07, 6.45) is 3.27. The van der Waals surface area contributed by atoms with Crippen LogP contribution in [0.25, 0.3) is 0 Å². The van der Waals surface area contributed by atoms with Crippen LogP contribution in [0.5, 0.6) is 0 Å². The molecule has 1 aliphatic heterocycles. The molecule has 1 aliphatic rings. The van der Waals surface area contributed by atoms with Crippen molar-refractivity contribution in [1.29, 1.82) is 0 Å². The Morgan fingerprint density at radius 3 is 2.81 bits per heavy atom. The second-order valence-electron chi connectivity index (χ2n) is 5.05. The van der Waals surface area contributed by atoms with E-state index in [-0.39, 0.29) is 0 Å². The van der Waals surface area contributed by atoms with Gasteiger partial charge < -0.3 is 10.6 Å². The van der Waals surface area contributed by atoms with Crippen LogP contribution in [0.4, 0.5) is 5.82 Å². The Kier molecular flexibility index (Phi) is 3.49. The number of hydrogen-bond donors (Lipinski definition) is 1. The minimum Gasteiger partial charge on any atom is -0.382 e. The van der Waals surface area contributed by atoms with Crippen molar-refractivity contribution in [3.8, 4) is 0 Å². The lowest BCUT2D eigenvalue weighted by Gasteiger charge is -2.35. The summed E-state index contributed by atoms with van der Waals surface area (Å²) in [5.74, 6) is 2.30. The lowest BCUT2D eigenvalue weighted by Crippen LogP contribution is -2.40. The van der Waals surface area contributed by atoms with Crippen molar-refractivity contribution in [3.05, 3.63) is 12.3 Å². The summed E-state index contributed by atoms with van der Waals surface area (Å²) < 4.78 is 1.93. The minimum atomic E-state index is 0.612. The van der Waals surface area contributed by atoms with E-state index in [1.807, 2.05) is 16.9 Å². The van der Waals surface area contributed by atoms with Crippen LogP contribution in [0.3, 0.4) is 0 Å². The van der Waals surface area contributed by atoms with E-state index in [1.165, 1.54) is 19.5 Å². The van der Waals surface area contributed by atoms with Crippen molar-refractivity contribution in [3.63, 3.8) is 0 Å². The summed E-state index contributed by atoms with van der Waals surface area (Å²) in [6, 6.07) is 1.85.